The lowest BCUT2D eigenvalue weighted by Crippen LogP contribution is -2.52. The Kier molecular flexibility index (Phi) is 5.65. The summed E-state index contributed by atoms with van der Waals surface area (Å²) in [6, 6.07) is 0.607. The van der Waals surface area contributed by atoms with Crippen molar-refractivity contribution < 1.29 is 0 Å². The van der Waals surface area contributed by atoms with Gasteiger partial charge in [-0.3, -0.25) is 9.58 Å². The number of anilines is 1. The van der Waals surface area contributed by atoms with Crippen LogP contribution in [0.15, 0.2) is 0 Å². The average Bonchev–Trinajstić information content (AvgIpc) is 2.73. The molecule has 0 aromatic carbocycles. The summed E-state index contributed by atoms with van der Waals surface area (Å²) in [6.07, 6.45) is 1.17. The van der Waals surface area contributed by atoms with Crippen molar-refractivity contribution in [1.82, 2.24) is 20.0 Å². The van der Waals surface area contributed by atoms with E-state index in [0.29, 0.717) is 6.04 Å². The summed E-state index contributed by atoms with van der Waals surface area (Å²) < 4.78 is 2.06. The van der Waals surface area contributed by atoms with Crippen molar-refractivity contribution in [2.75, 3.05) is 37.6 Å². The van der Waals surface area contributed by atoms with Crippen molar-refractivity contribution >= 4 is 5.82 Å². The second kappa shape index (κ2) is 7.27. The number of rotatable bonds is 6. The van der Waals surface area contributed by atoms with Gasteiger partial charge >= 0.3 is 0 Å². The molecule has 0 spiro atoms. The highest BCUT2D eigenvalue weighted by Crippen LogP contribution is 2.25. The second-order valence-electron chi connectivity index (χ2n) is 6.11. The van der Waals surface area contributed by atoms with Crippen LogP contribution in [0.1, 0.15) is 38.4 Å². The minimum Gasteiger partial charge on any atom is -0.354 e. The maximum absolute atomic E-state index is 4.65. The number of hydrogen-bond acceptors (Lipinski definition) is 4. The molecule has 1 aromatic heterocycles. The highest BCUT2D eigenvalue weighted by molar-refractivity contribution is 5.50. The van der Waals surface area contributed by atoms with Gasteiger partial charge in [0.2, 0.25) is 0 Å². The van der Waals surface area contributed by atoms with Gasteiger partial charge in [-0.15, -0.1) is 0 Å². The standard InChI is InChI=1S/C16H31N5/c1-6-8-17-11-15-14(4)18-19(5)16(15)21-10-9-20(7-2)13(3)12-21/h13,17H,6-12H2,1-5H3. The first-order chi connectivity index (χ1) is 10.1. The van der Waals surface area contributed by atoms with Gasteiger partial charge in [0.1, 0.15) is 5.82 Å². The molecular weight excluding hydrogens is 262 g/mol. The number of likely N-dealkylation sites (N-methyl/N-ethyl adjacent to an activating group) is 1. The van der Waals surface area contributed by atoms with E-state index in [-0.39, 0.29) is 0 Å². The van der Waals surface area contributed by atoms with Gasteiger partial charge in [0.25, 0.3) is 0 Å². The van der Waals surface area contributed by atoms with E-state index in [0.717, 1.165) is 45.0 Å². The Bertz CT molecular complexity index is 454. The van der Waals surface area contributed by atoms with Crippen molar-refractivity contribution in [1.29, 1.82) is 0 Å². The Balaban J connectivity index is 2.15. The van der Waals surface area contributed by atoms with Crippen LogP contribution in [-0.2, 0) is 13.6 Å². The van der Waals surface area contributed by atoms with Gasteiger partial charge in [-0.1, -0.05) is 13.8 Å². The highest BCUT2D eigenvalue weighted by Gasteiger charge is 2.26. The van der Waals surface area contributed by atoms with Crippen LogP contribution in [0.2, 0.25) is 0 Å². The van der Waals surface area contributed by atoms with Crippen molar-refractivity contribution in [2.45, 2.75) is 46.7 Å². The van der Waals surface area contributed by atoms with Crippen LogP contribution in [-0.4, -0.2) is 53.4 Å². The van der Waals surface area contributed by atoms with Crippen molar-refractivity contribution in [3.63, 3.8) is 0 Å². The topological polar surface area (TPSA) is 36.3 Å². The number of piperazine rings is 1. The van der Waals surface area contributed by atoms with Crippen LogP contribution < -0.4 is 10.2 Å². The summed E-state index contributed by atoms with van der Waals surface area (Å²) in [5.74, 6) is 1.30. The lowest BCUT2D eigenvalue weighted by atomic mass is 10.1. The molecule has 1 aromatic rings. The largest absolute Gasteiger partial charge is 0.354 e. The van der Waals surface area contributed by atoms with Crippen molar-refractivity contribution in [3.05, 3.63) is 11.3 Å². The maximum atomic E-state index is 4.65. The molecule has 1 N–H and O–H groups in total. The van der Waals surface area contributed by atoms with Crippen LogP contribution >= 0.6 is 0 Å². The van der Waals surface area contributed by atoms with E-state index in [1.54, 1.807) is 0 Å². The van der Waals surface area contributed by atoms with Gasteiger partial charge in [-0.05, 0) is 33.4 Å². The van der Waals surface area contributed by atoms with E-state index in [1.807, 2.05) is 0 Å². The van der Waals surface area contributed by atoms with E-state index in [4.69, 9.17) is 0 Å². The number of aryl methyl sites for hydroxylation is 2. The van der Waals surface area contributed by atoms with E-state index in [1.165, 1.54) is 17.8 Å². The minimum absolute atomic E-state index is 0.607. The molecule has 1 aliphatic rings. The molecule has 1 atom stereocenters. The number of nitrogens with zero attached hydrogens (tertiary/aromatic N) is 4. The smallest absolute Gasteiger partial charge is 0.131 e. The Morgan fingerprint density at radius 2 is 2.05 bits per heavy atom. The normalized spacial score (nSPS) is 20.2. The zero-order valence-corrected chi connectivity index (χ0v) is 14.3. The summed E-state index contributed by atoms with van der Waals surface area (Å²) in [5, 5.41) is 8.18. The molecule has 5 nitrogen and oxygen atoms in total. The first kappa shape index (κ1) is 16.3. The molecule has 1 saturated heterocycles. The van der Waals surface area contributed by atoms with Gasteiger partial charge in [-0.2, -0.15) is 5.10 Å². The number of nitrogens with one attached hydrogen (secondary N) is 1. The summed E-state index contributed by atoms with van der Waals surface area (Å²) in [6.45, 7) is 15.4. The number of hydrogen-bond donors (Lipinski definition) is 1. The molecule has 2 rings (SSSR count). The van der Waals surface area contributed by atoms with E-state index in [9.17, 15) is 0 Å². The molecule has 0 saturated carbocycles. The zero-order chi connectivity index (χ0) is 15.4. The summed E-state index contributed by atoms with van der Waals surface area (Å²) in [5.41, 5.74) is 2.52. The second-order valence-corrected chi connectivity index (χ2v) is 6.11. The Hall–Kier alpha value is -1.07. The SMILES string of the molecule is CCCNCc1c(C)nn(C)c1N1CCN(CC)C(C)C1. The summed E-state index contributed by atoms with van der Waals surface area (Å²) >= 11 is 0. The molecule has 2 heterocycles. The first-order valence-electron chi connectivity index (χ1n) is 8.30. The predicted octanol–water partition coefficient (Wildman–Crippen LogP) is 1.76. The van der Waals surface area contributed by atoms with Gasteiger partial charge in [0, 0.05) is 44.8 Å². The molecule has 120 valence electrons. The summed E-state index contributed by atoms with van der Waals surface area (Å²) in [7, 11) is 2.07. The van der Waals surface area contributed by atoms with E-state index < -0.39 is 0 Å². The molecule has 0 amide bonds. The van der Waals surface area contributed by atoms with Gasteiger partial charge in [0.15, 0.2) is 0 Å². The van der Waals surface area contributed by atoms with Crippen molar-refractivity contribution in [3.8, 4) is 0 Å². The number of aromatic nitrogens is 2. The Labute approximate surface area is 129 Å². The van der Waals surface area contributed by atoms with Gasteiger partial charge in [-0.25, -0.2) is 0 Å². The zero-order valence-electron chi connectivity index (χ0n) is 14.3. The predicted molar refractivity (Wildman–Crippen MR) is 88.9 cm³/mol. The van der Waals surface area contributed by atoms with Crippen molar-refractivity contribution in [2.24, 2.45) is 7.05 Å². The molecular formula is C16H31N5. The Morgan fingerprint density at radius 1 is 1.29 bits per heavy atom. The monoisotopic (exact) mass is 293 g/mol. The third-order valence-corrected chi connectivity index (χ3v) is 4.51. The van der Waals surface area contributed by atoms with Crippen LogP contribution in [0.5, 0.6) is 0 Å². The fourth-order valence-corrected chi connectivity index (χ4v) is 3.34. The van der Waals surface area contributed by atoms with Crippen LogP contribution in [0.3, 0.4) is 0 Å². The lowest BCUT2D eigenvalue weighted by molar-refractivity contribution is 0.198. The molecule has 0 bridgehead atoms. The van der Waals surface area contributed by atoms with Crippen LogP contribution in [0, 0.1) is 6.92 Å². The molecule has 1 unspecified atom stereocenters. The van der Waals surface area contributed by atoms with Gasteiger partial charge in [0.05, 0.1) is 5.69 Å². The molecule has 0 radical (unpaired) electrons. The van der Waals surface area contributed by atoms with Gasteiger partial charge < -0.3 is 10.2 Å². The van der Waals surface area contributed by atoms with E-state index in [2.05, 4.69) is 59.6 Å². The maximum Gasteiger partial charge on any atom is 0.131 e. The quantitative estimate of drug-likeness (QED) is 0.811. The third kappa shape index (κ3) is 3.58. The lowest BCUT2D eigenvalue weighted by Gasteiger charge is -2.40. The highest BCUT2D eigenvalue weighted by atomic mass is 15.4. The molecule has 1 fully saturated rings. The minimum atomic E-state index is 0.607. The Morgan fingerprint density at radius 3 is 2.67 bits per heavy atom. The fraction of sp³-hybridized carbons (Fsp3) is 0.812. The average molecular weight is 293 g/mol. The van der Waals surface area contributed by atoms with Crippen LogP contribution in [0.4, 0.5) is 5.82 Å². The molecule has 21 heavy (non-hydrogen) atoms. The molecule has 1 aliphatic heterocycles. The van der Waals surface area contributed by atoms with E-state index >= 15 is 0 Å². The fourth-order valence-electron chi connectivity index (χ4n) is 3.34. The molecule has 0 aliphatic carbocycles. The third-order valence-electron chi connectivity index (χ3n) is 4.51. The van der Waals surface area contributed by atoms with Crippen LogP contribution in [0.25, 0.3) is 0 Å². The summed E-state index contributed by atoms with van der Waals surface area (Å²) in [4.78, 5) is 5.06. The first-order valence-corrected chi connectivity index (χ1v) is 8.30. The molecule has 5 heteroatoms.